The maximum atomic E-state index is 13.0. The van der Waals surface area contributed by atoms with Crippen molar-refractivity contribution >= 4 is 29.0 Å². The fourth-order valence-corrected chi connectivity index (χ4v) is 4.34. The quantitative estimate of drug-likeness (QED) is 0.413. The lowest BCUT2D eigenvalue weighted by Crippen LogP contribution is -2.48. The topological polar surface area (TPSA) is 107 Å². The average Bonchev–Trinajstić information content (AvgIpc) is 3.23. The van der Waals surface area contributed by atoms with Gasteiger partial charge in [0.15, 0.2) is 5.16 Å². The van der Waals surface area contributed by atoms with E-state index in [0.29, 0.717) is 41.8 Å². The number of carbonyl (C=O) groups is 1. The SMILES string of the molecule is COc1ccc(N2CCN(C(=O)c3ccc(Sc4nncn4C)c([N+](=O)[O-])c3)CC2)cc1. The van der Waals surface area contributed by atoms with Crippen LogP contribution < -0.4 is 9.64 Å². The Morgan fingerprint density at radius 2 is 1.84 bits per heavy atom. The number of hydrogen-bond acceptors (Lipinski definition) is 8. The summed E-state index contributed by atoms with van der Waals surface area (Å²) in [5.41, 5.74) is 1.25. The molecule has 0 bridgehead atoms. The minimum Gasteiger partial charge on any atom is -0.497 e. The number of nitro benzene ring substituents is 1. The molecule has 1 aliphatic heterocycles. The number of nitrogens with zero attached hydrogens (tertiary/aromatic N) is 6. The van der Waals surface area contributed by atoms with Gasteiger partial charge in [-0.15, -0.1) is 10.2 Å². The van der Waals surface area contributed by atoms with E-state index in [0.717, 1.165) is 23.2 Å². The number of hydrogen-bond donors (Lipinski definition) is 0. The molecule has 10 nitrogen and oxygen atoms in total. The third-order valence-electron chi connectivity index (χ3n) is 5.28. The van der Waals surface area contributed by atoms with Crippen LogP contribution in [0.3, 0.4) is 0 Å². The number of anilines is 1. The minimum atomic E-state index is -0.475. The van der Waals surface area contributed by atoms with E-state index in [1.54, 1.807) is 35.8 Å². The number of benzene rings is 2. The summed E-state index contributed by atoms with van der Waals surface area (Å²) in [5.74, 6) is 0.586. The van der Waals surface area contributed by atoms with Crippen LogP contribution in [0.5, 0.6) is 5.75 Å². The second-order valence-electron chi connectivity index (χ2n) is 7.24. The van der Waals surface area contributed by atoms with E-state index >= 15 is 0 Å². The van der Waals surface area contributed by atoms with Gasteiger partial charge in [-0.25, -0.2) is 0 Å². The standard InChI is InChI=1S/C21H22N6O4S/c1-24-14-22-23-21(24)32-19-8-3-15(13-18(19)27(29)30)20(28)26-11-9-25(10-12-26)16-4-6-17(31-2)7-5-16/h3-8,13-14H,9-12H2,1-2H3. The van der Waals surface area contributed by atoms with E-state index in [4.69, 9.17) is 4.74 Å². The number of methoxy groups -OCH3 is 1. The van der Waals surface area contributed by atoms with E-state index in [1.807, 2.05) is 24.3 Å². The summed E-state index contributed by atoms with van der Waals surface area (Å²) in [5, 5.41) is 19.9. The second kappa shape index (κ2) is 9.27. The van der Waals surface area contributed by atoms with Crippen LogP contribution in [0.15, 0.2) is 58.8 Å². The highest BCUT2D eigenvalue weighted by atomic mass is 32.2. The molecule has 0 spiro atoms. The van der Waals surface area contributed by atoms with E-state index in [9.17, 15) is 14.9 Å². The van der Waals surface area contributed by atoms with Crippen molar-refractivity contribution in [3.8, 4) is 5.75 Å². The molecular weight excluding hydrogens is 432 g/mol. The molecule has 0 radical (unpaired) electrons. The zero-order chi connectivity index (χ0) is 22.7. The van der Waals surface area contributed by atoms with Gasteiger partial charge in [-0.3, -0.25) is 14.9 Å². The molecule has 1 aliphatic rings. The second-order valence-corrected chi connectivity index (χ2v) is 8.25. The summed E-state index contributed by atoms with van der Waals surface area (Å²) >= 11 is 1.14. The van der Waals surface area contributed by atoms with Crippen LogP contribution in [-0.2, 0) is 7.05 Å². The first-order chi connectivity index (χ1) is 15.5. The number of aromatic nitrogens is 3. The predicted molar refractivity (Wildman–Crippen MR) is 119 cm³/mol. The highest BCUT2D eigenvalue weighted by Gasteiger charge is 2.25. The van der Waals surface area contributed by atoms with Crippen LogP contribution >= 0.6 is 11.8 Å². The third-order valence-corrected chi connectivity index (χ3v) is 6.40. The Morgan fingerprint density at radius 1 is 1.12 bits per heavy atom. The molecule has 0 aliphatic carbocycles. The Hall–Kier alpha value is -3.60. The normalized spacial score (nSPS) is 13.8. The lowest BCUT2D eigenvalue weighted by molar-refractivity contribution is -0.387. The van der Waals surface area contributed by atoms with E-state index in [-0.39, 0.29) is 11.6 Å². The van der Waals surface area contributed by atoms with Gasteiger partial charge in [-0.05, 0) is 48.2 Å². The van der Waals surface area contributed by atoms with Crippen LogP contribution in [0.1, 0.15) is 10.4 Å². The van der Waals surface area contributed by atoms with E-state index < -0.39 is 4.92 Å². The van der Waals surface area contributed by atoms with Gasteiger partial charge in [0.1, 0.15) is 12.1 Å². The number of piperazine rings is 1. The molecule has 0 unspecified atom stereocenters. The van der Waals surface area contributed by atoms with Crippen molar-refractivity contribution in [1.29, 1.82) is 0 Å². The zero-order valence-corrected chi connectivity index (χ0v) is 18.5. The Bertz CT molecular complexity index is 1130. The zero-order valence-electron chi connectivity index (χ0n) is 17.7. The van der Waals surface area contributed by atoms with Gasteiger partial charge in [0.2, 0.25) is 0 Å². The molecule has 1 fully saturated rings. The van der Waals surface area contributed by atoms with Gasteiger partial charge < -0.3 is 19.1 Å². The third kappa shape index (κ3) is 4.52. The Balaban J connectivity index is 1.45. The minimum absolute atomic E-state index is 0.124. The molecule has 11 heteroatoms. The molecule has 0 N–H and O–H groups in total. The Kier molecular flexibility index (Phi) is 6.26. The summed E-state index contributed by atoms with van der Waals surface area (Å²) in [7, 11) is 3.39. The van der Waals surface area contributed by atoms with E-state index in [1.165, 1.54) is 12.4 Å². The van der Waals surface area contributed by atoms with Crippen molar-refractivity contribution in [2.75, 3.05) is 38.2 Å². The molecule has 1 aromatic heterocycles. The lowest BCUT2D eigenvalue weighted by atomic mass is 10.1. The highest BCUT2D eigenvalue weighted by molar-refractivity contribution is 7.99. The van der Waals surface area contributed by atoms with Crippen molar-refractivity contribution < 1.29 is 14.5 Å². The summed E-state index contributed by atoms with van der Waals surface area (Å²) in [4.78, 5) is 28.5. The number of ether oxygens (including phenoxy) is 1. The molecule has 1 saturated heterocycles. The first-order valence-corrected chi connectivity index (χ1v) is 10.8. The summed E-state index contributed by atoms with van der Waals surface area (Å²) < 4.78 is 6.87. The Labute approximate surface area is 188 Å². The number of amides is 1. The fourth-order valence-electron chi connectivity index (χ4n) is 3.49. The highest BCUT2D eigenvalue weighted by Crippen LogP contribution is 2.34. The van der Waals surface area contributed by atoms with Crippen LogP contribution in [0.25, 0.3) is 0 Å². The maximum absolute atomic E-state index is 13.0. The van der Waals surface area contributed by atoms with Crippen LogP contribution in [0, 0.1) is 10.1 Å². The summed E-state index contributed by atoms with van der Waals surface area (Å²) in [6, 6.07) is 12.4. The molecule has 0 atom stereocenters. The van der Waals surface area contributed by atoms with Gasteiger partial charge in [0.05, 0.1) is 16.9 Å². The average molecular weight is 455 g/mol. The van der Waals surface area contributed by atoms with Crippen molar-refractivity contribution in [3.63, 3.8) is 0 Å². The van der Waals surface area contributed by atoms with Gasteiger partial charge in [-0.1, -0.05) is 0 Å². The molecule has 32 heavy (non-hydrogen) atoms. The number of rotatable bonds is 6. The molecule has 4 rings (SSSR count). The Morgan fingerprint density at radius 3 is 2.44 bits per heavy atom. The fraction of sp³-hybridized carbons (Fsp3) is 0.286. The van der Waals surface area contributed by atoms with Crippen LogP contribution in [0.4, 0.5) is 11.4 Å². The molecule has 0 saturated carbocycles. The monoisotopic (exact) mass is 454 g/mol. The molecule has 3 aromatic rings. The summed E-state index contributed by atoms with van der Waals surface area (Å²) in [6.45, 7) is 2.43. The largest absolute Gasteiger partial charge is 0.497 e. The molecular formula is C21H22N6O4S. The first-order valence-electron chi connectivity index (χ1n) is 9.95. The first kappa shape index (κ1) is 21.6. The lowest BCUT2D eigenvalue weighted by Gasteiger charge is -2.36. The molecule has 2 aromatic carbocycles. The number of aryl methyl sites for hydroxylation is 1. The van der Waals surface area contributed by atoms with Gasteiger partial charge in [0, 0.05) is 50.5 Å². The van der Waals surface area contributed by atoms with Crippen molar-refractivity contribution in [2.24, 2.45) is 7.05 Å². The van der Waals surface area contributed by atoms with Crippen LogP contribution in [-0.4, -0.2) is 63.8 Å². The summed E-state index contributed by atoms with van der Waals surface area (Å²) in [6.07, 6.45) is 1.53. The van der Waals surface area contributed by atoms with E-state index in [2.05, 4.69) is 15.1 Å². The maximum Gasteiger partial charge on any atom is 0.284 e. The van der Waals surface area contributed by atoms with Crippen molar-refractivity contribution in [2.45, 2.75) is 10.1 Å². The molecule has 166 valence electrons. The smallest absolute Gasteiger partial charge is 0.284 e. The molecule has 1 amide bonds. The van der Waals surface area contributed by atoms with Gasteiger partial charge in [-0.2, -0.15) is 0 Å². The van der Waals surface area contributed by atoms with Crippen LogP contribution in [0.2, 0.25) is 0 Å². The van der Waals surface area contributed by atoms with Gasteiger partial charge >= 0.3 is 0 Å². The van der Waals surface area contributed by atoms with Crippen molar-refractivity contribution in [3.05, 3.63) is 64.5 Å². The number of carbonyl (C=O) groups excluding carboxylic acids is 1. The molecule has 2 heterocycles. The predicted octanol–water partition coefficient (Wildman–Crippen LogP) is 2.85. The van der Waals surface area contributed by atoms with Gasteiger partial charge in [0.25, 0.3) is 11.6 Å². The van der Waals surface area contributed by atoms with Crippen molar-refractivity contribution in [1.82, 2.24) is 19.7 Å². The number of nitro groups is 1.